The Hall–Kier alpha value is -2.83. The van der Waals surface area contributed by atoms with Crippen molar-refractivity contribution in [3.8, 4) is 11.5 Å². The van der Waals surface area contributed by atoms with E-state index in [9.17, 15) is 14.7 Å². The van der Waals surface area contributed by atoms with Crippen molar-refractivity contribution in [3.63, 3.8) is 0 Å². The predicted molar refractivity (Wildman–Crippen MR) is 99.0 cm³/mol. The van der Waals surface area contributed by atoms with Crippen LogP contribution in [0, 0.1) is 11.8 Å². The summed E-state index contributed by atoms with van der Waals surface area (Å²) in [6.45, 7) is 0. The van der Waals surface area contributed by atoms with Crippen LogP contribution in [0.2, 0.25) is 5.02 Å². The van der Waals surface area contributed by atoms with Gasteiger partial charge in [0.2, 0.25) is 5.91 Å². The van der Waals surface area contributed by atoms with E-state index < -0.39 is 30.0 Å². The number of benzene rings is 2. The van der Waals surface area contributed by atoms with Crippen LogP contribution in [0.1, 0.15) is 0 Å². The van der Waals surface area contributed by atoms with Crippen LogP contribution >= 0.6 is 11.6 Å². The number of nitrogens with one attached hydrogen (secondary N) is 1. The Morgan fingerprint density at radius 3 is 2.07 bits per heavy atom. The van der Waals surface area contributed by atoms with Crippen LogP contribution < -0.4 is 10.1 Å². The Bertz CT molecular complexity index is 894. The number of fused-ring (bicyclic) bond motifs is 2. The van der Waals surface area contributed by atoms with Crippen molar-refractivity contribution in [2.45, 2.75) is 12.2 Å². The van der Waals surface area contributed by atoms with Crippen LogP contribution in [-0.2, 0) is 14.3 Å². The first-order chi connectivity index (χ1) is 13.0. The summed E-state index contributed by atoms with van der Waals surface area (Å²) in [5, 5.41) is 12.8. The second-order valence-electron chi connectivity index (χ2n) is 6.41. The SMILES string of the molecule is O=C(O)C1C2C=CC(O2)C1C(=O)Nc1ccc(Oc2ccc(Cl)cc2)cc1. The van der Waals surface area contributed by atoms with Crippen molar-refractivity contribution in [1.29, 1.82) is 0 Å². The maximum absolute atomic E-state index is 12.6. The Kier molecular flexibility index (Phi) is 4.59. The molecule has 2 aromatic rings. The van der Waals surface area contributed by atoms with Gasteiger partial charge in [0.05, 0.1) is 18.1 Å². The predicted octanol–water partition coefficient (Wildman–Crippen LogP) is 3.73. The molecule has 2 aliphatic heterocycles. The zero-order valence-corrected chi connectivity index (χ0v) is 14.8. The second kappa shape index (κ2) is 7.06. The largest absolute Gasteiger partial charge is 0.481 e. The molecule has 4 atom stereocenters. The van der Waals surface area contributed by atoms with E-state index in [1.807, 2.05) is 0 Å². The van der Waals surface area contributed by atoms with Gasteiger partial charge in [0.25, 0.3) is 0 Å². The molecule has 2 bridgehead atoms. The Morgan fingerprint density at radius 1 is 0.926 bits per heavy atom. The van der Waals surface area contributed by atoms with Gasteiger partial charge in [-0.05, 0) is 48.5 Å². The maximum Gasteiger partial charge on any atom is 0.310 e. The van der Waals surface area contributed by atoms with Gasteiger partial charge in [-0.3, -0.25) is 9.59 Å². The molecular weight excluding hydrogens is 370 g/mol. The molecule has 4 rings (SSSR count). The molecule has 2 aromatic carbocycles. The standard InChI is InChI=1S/C20H16ClNO5/c21-11-1-5-13(6-2-11)26-14-7-3-12(4-8-14)22-19(23)17-15-9-10-16(27-15)18(17)20(24)25/h1-10,15-18H,(H,22,23)(H,24,25). The van der Waals surface area contributed by atoms with Gasteiger partial charge in [-0.25, -0.2) is 0 Å². The number of anilines is 1. The number of hydrogen-bond acceptors (Lipinski definition) is 4. The van der Waals surface area contributed by atoms with Crippen LogP contribution in [0.15, 0.2) is 60.7 Å². The van der Waals surface area contributed by atoms with E-state index in [0.29, 0.717) is 22.2 Å². The minimum absolute atomic E-state index is 0.370. The fourth-order valence-electron chi connectivity index (χ4n) is 3.39. The van der Waals surface area contributed by atoms with Gasteiger partial charge in [0.15, 0.2) is 0 Å². The highest BCUT2D eigenvalue weighted by Crippen LogP contribution is 2.40. The number of amides is 1. The number of carboxylic acids is 1. The average Bonchev–Trinajstić information content (AvgIpc) is 3.26. The van der Waals surface area contributed by atoms with Gasteiger partial charge < -0.3 is 19.9 Å². The third-order valence-corrected chi connectivity index (χ3v) is 4.91. The van der Waals surface area contributed by atoms with E-state index in [2.05, 4.69) is 5.32 Å². The van der Waals surface area contributed by atoms with E-state index in [1.54, 1.807) is 60.7 Å². The molecule has 6 nitrogen and oxygen atoms in total. The first-order valence-corrected chi connectivity index (χ1v) is 8.80. The van der Waals surface area contributed by atoms with Crippen molar-refractivity contribution >= 4 is 29.2 Å². The van der Waals surface area contributed by atoms with E-state index in [0.717, 1.165) is 0 Å². The maximum atomic E-state index is 12.6. The van der Waals surface area contributed by atoms with Gasteiger partial charge >= 0.3 is 5.97 Å². The van der Waals surface area contributed by atoms with E-state index in [1.165, 1.54) is 0 Å². The summed E-state index contributed by atoms with van der Waals surface area (Å²) in [6.07, 6.45) is 2.41. The quantitative estimate of drug-likeness (QED) is 0.766. The summed E-state index contributed by atoms with van der Waals surface area (Å²) in [6, 6.07) is 13.8. The van der Waals surface area contributed by atoms with Crippen LogP contribution in [0.25, 0.3) is 0 Å². The normalized spacial score (nSPS) is 25.4. The van der Waals surface area contributed by atoms with Crippen LogP contribution in [-0.4, -0.2) is 29.2 Å². The van der Waals surface area contributed by atoms with Crippen molar-refractivity contribution in [2.24, 2.45) is 11.8 Å². The summed E-state index contributed by atoms with van der Waals surface area (Å²) in [4.78, 5) is 24.1. The van der Waals surface area contributed by atoms with E-state index >= 15 is 0 Å². The number of hydrogen-bond donors (Lipinski definition) is 2. The molecule has 0 aliphatic carbocycles. The number of carbonyl (C=O) groups excluding carboxylic acids is 1. The summed E-state index contributed by atoms with van der Waals surface area (Å²) in [5.41, 5.74) is 0.555. The lowest BCUT2D eigenvalue weighted by atomic mass is 9.82. The van der Waals surface area contributed by atoms with Crippen LogP contribution in [0.5, 0.6) is 11.5 Å². The third kappa shape index (κ3) is 3.54. The Labute approximate surface area is 160 Å². The first-order valence-electron chi connectivity index (χ1n) is 8.42. The van der Waals surface area contributed by atoms with Gasteiger partial charge in [-0.2, -0.15) is 0 Å². The fraction of sp³-hybridized carbons (Fsp3) is 0.200. The molecule has 0 spiro atoms. The molecule has 1 fully saturated rings. The highest BCUT2D eigenvalue weighted by atomic mass is 35.5. The van der Waals surface area contributed by atoms with E-state index in [-0.39, 0.29) is 5.91 Å². The monoisotopic (exact) mass is 385 g/mol. The van der Waals surface area contributed by atoms with Crippen molar-refractivity contribution in [2.75, 3.05) is 5.32 Å². The molecule has 2 aliphatic rings. The van der Waals surface area contributed by atoms with Crippen molar-refractivity contribution < 1.29 is 24.2 Å². The summed E-state index contributed by atoms with van der Waals surface area (Å²) in [5.74, 6) is -1.77. The zero-order chi connectivity index (χ0) is 19.0. The number of ether oxygens (including phenoxy) is 2. The molecule has 27 heavy (non-hydrogen) atoms. The zero-order valence-electron chi connectivity index (χ0n) is 14.0. The number of halogens is 1. The average molecular weight is 386 g/mol. The Morgan fingerprint density at radius 2 is 1.48 bits per heavy atom. The lowest BCUT2D eigenvalue weighted by molar-refractivity contribution is -0.145. The molecule has 2 N–H and O–H groups in total. The molecule has 1 amide bonds. The van der Waals surface area contributed by atoms with Gasteiger partial charge in [-0.15, -0.1) is 0 Å². The molecule has 138 valence electrons. The highest BCUT2D eigenvalue weighted by Gasteiger charge is 2.53. The van der Waals surface area contributed by atoms with Crippen molar-refractivity contribution in [1.82, 2.24) is 0 Å². The third-order valence-electron chi connectivity index (χ3n) is 4.66. The topological polar surface area (TPSA) is 84.9 Å². The van der Waals surface area contributed by atoms with Gasteiger partial charge in [-0.1, -0.05) is 23.8 Å². The van der Waals surface area contributed by atoms with Gasteiger partial charge in [0.1, 0.15) is 17.4 Å². The lowest BCUT2D eigenvalue weighted by Crippen LogP contribution is -2.39. The molecule has 0 saturated carbocycles. The molecule has 2 heterocycles. The number of carbonyl (C=O) groups is 2. The second-order valence-corrected chi connectivity index (χ2v) is 6.85. The molecule has 7 heteroatoms. The van der Waals surface area contributed by atoms with Gasteiger partial charge in [0, 0.05) is 10.7 Å². The first kappa shape index (κ1) is 17.6. The Balaban J connectivity index is 1.42. The molecule has 0 aromatic heterocycles. The summed E-state index contributed by atoms with van der Waals surface area (Å²) < 4.78 is 11.2. The fourth-order valence-corrected chi connectivity index (χ4v) is 3.51. The smallest absolute Gasteiger partial charge is 0.310 e. The molecule has 1 saturated heterocycles. The van der Waals surface area contributed by atoms with Crippen LogP contribution in [0.3, 0.4) is 0 Å². The number of aliphatic carboxylic acids is 1. The summed E-state index contributed by atoms with van der Waals surface area (Å²) >= 11 is 5.85. The molecule has 0 radical (unpaired) electrons. The highest BCUT2D eigenvalue weighted by molar-refractivity contribution is 6.30. The molecule has 4 unspecified atom stereocenters. The summed E-state index contributed by atoms with van der Waals surface area (Å²) in [7, 11) is 0. The number of rotatable bonds is 5. The minimum atomic E-state index is -1.03. The molecular formula is C20H16ClNO5. The van der Waals surface area contributed by atoms with Crippen LogP contribution in [0.4, 0.5) is 5.69 Å². The minimum Gasteiger partial charge on any atom is -0.481 e. The lowest BCUT2D eigenvalue weighted by Gasteiger charge is -2.21. The number of carboxylic acid groups (broad SMARTS) is 1. The van der Waals surface area contributed by atoms with E-state index in [4.69, 9.17) is 21.1 Å². The van der Waals surface area contributed by atoms with Crippen molar-refractivity contribution in [3.05, 3.63) is 65.7 Å².